The smallest absolute Gasteiger partial charge is 0.0143 e. The van der Waals surface area contributed by atoms with Gasteiger partial charge in [-0.15, -0.1) is 0 Å². The summed E-state index contributed by atoms with van der Waals surface area (Å²) in [7, 11) is 0. The minimum Gasteiger partial charge on any atom is -0.0620 e. The first kappa shape index (κ1) is 13.3. The Morgan fingerprint density at radius 3 is 2.23 bits per heavy atom. The van der Waals surface area contributed by atoms with E-state index in [1.807, 2.05) is 0 Å². The Bertz CT molecular complexity index is 856. The second-order valence-corrected chi connectivity index (χ2v) is 6.31. The Labute approximate surface area is 132 Å². The fourth-order valence-electron chi connectivity index (χ4n) is 3.65. The maximum Gasteiger partial charge on any atom is -0.0143 e. The first-order valence-electron chi connectivity index (χ1n) is 8.02. The molecule has 4 rings (SSSR count). The van der Waals surface area contributed by atoms with E-state index in [-0.39, 0.29) is 0 Å². The normalized spacial score (nSPS) is 12.6. The molecule has 0 nitrogen and oxygen atoms in total. The summed E-state index contributed by atoms with van der Waals surface area (Å²) in [6.07, 6.45) is 2.28. The van der Waals surface area contributed by atoms with Crippen LogP contribution in [0.15, 0.2) is 60.7 Å². The van der Waals surface area contributed by atoms with Gasteiger partial charge in [0.05, 0.1) is 0 Å². The minimum atomic E-state index is 1.13. The number of hydrogen-bond donors (Lipinski definition) is 0. The van der Waals surface area contributed by atoms with Crippen molar-refractivity contribution in [2.24, 2.45) is 0 Å². The molecule has 0 bridgehead atoms. The van der Waals surface area contributed by atoms with Gasteiger partial charge in [0.25, 0.3) is 0 Å². The third kappa shape index (κ3) is 2.07. The lowest BCUT2D eigenvalue weighted by molar-refractivity contribution is 0.943. The first-order valence-corrected chi connectivity index (χ1v) is 8.02. The number of rotatable bonds is 1. The Kier molecular flexibility index (Phi) is 3.11. The average Bonchev–Trinajstić information content (AvgIpc) is 2.56. The summed E-state index contributed by atoms with van der Waals surface area (Å²) < 4.78 is 0. The molecule has 3 aromatic carbocycles. The van der Waals surface area contributed by atoms with Crippen molar-refractivity contribution in [1.29, 1.82) is 0 Å². The van der Waals surface area contributed by atoms with Crippen molar-refractivity contribution in [3.05, 3.63) is 82.9 Å². The second kappa shape index (κ2) is 5.14. The molecule has 1 aliphatic carbocycles. The van der Waals surface area contributed by atoms with E-state index in [1.165, 1.54) is 44.5 Å². The van der Waals surface area contributed by atoms with E-state index in [0.29, 0.717) is 0 Å². The van der Waals surface area contributed by atoms with Crippen LogP contribution in [-0.4, -0.2) is 0 Å². The van der Waals surface area contributed by atoms with Gasteiger partial charge in [-0.2, -0.15) is 0 Å². The third-order valence-corrected chi connectivity index (χ3v) is 4.81. The zero-order valence-corrected chi connectivity index (χ0v) is 13.2. The fraction of sp³-hybridized carbons (Fsp3) is 0.182. The largest absolute Gasteiger partial charge is 0.0620 e. The maximum absolute atomic E-state index is 2.32. The fourth-order valence-corrected chi connectivity index (χ4v) is 3.65. The predicted molar refractivity (Wildman–Crippen MR) is 94.2 cm³/mol. The van der Waals surface area contributed by atoms with E-state index in [2.05, 4.69) is 74.5 Å². The van der Waals surface area contributed by atoms with Crippen LogP contribution in [0.1, 0.15) is 22.3 Å². The van der Waals surface area contributed by atoms with Crippen molar-refractivity contribution < 1.29 is 0 Å². The van der Waals surface area contributed by atoms with Crippen LogP contribution in [0.3, 0.4) is 0 Å². The summed E-state index contributed by atoms with van der Waals surface area (Å²) in [6.45, 7) is 4.39. The quantitative estimate of drug-likeness (QED) is 0.535. The molecule has 0 heterocycles. The van der Waals surface area contributed by atoms with E-state index < -0.39 is 0 Å². The van der Waals surface area contributed by atoms with Crippen molar-refractivity contribution in [2.75, 3.05) is 0 Å². The Balaban J connectivity index is 1.97. The van der Waals surface area contributed by atoms with Crippen LogP contribution < -0.4 is 0 Å². The first-order chi connectivity index (χ1) is 10.7. The van der Waals surface area contributed by atoms with Crippen molar-refractivity contribution in [1.82, 2.24) is 0 Å². The Morgan fingerprint density at radius 1 is 0.636 bits per heavy atom. The van der Waals surface area contributed by atoms with Crippen molar-refractivity contribution in [2.45, 2.75) is 26.7 Å². The molecule has 0 saturated carbocycles. The summed E-state index contributed by atoms with van der Waals surface area (Å²) in [5.41, 5.74) is 11.3. The molecule has 22 heavy (non-hydrogen) atoms. The second-order valence-electron chi connectivity index (χ2n) is 6.31. The number of hydrogen-bond acceptors (Lipinski definition) is 0. The molecule has 0 saturated heterocycles. The topological polar surface area (TPSA) is 0 Å². The zero-order valence-electron chi connectivity index (χ0n) is 13.2. The SMILES string of the molecule is Cc1ccc(C)c(-c2cccc3c2CCc2ccccc2-3)c1. The van der Waals surface area contributed by atoms with Crippen LogP contribution >= 0.6 is 0 Å². The summed E-state index contributed by atoms with van der Waals surface area (Å²) in [5, 5.41) is 0. The maximum atomic E-state index is 2.32. The molecule has 0 aliphatic heterocycles. The average molecular weight is 284 g/mol. The molecule has 3 aromatic rings. The predicted octanol–water partition coefficient (Wildman–Crippen LogP) is 5.74. The van der Waals surface area contributed by atoms with E-state index in [4.69, 9.17) is 0 Å². The van der Waals surface area contributed by atoms with Gasteiger partial charge in [0.15, 0.2) is 0 Å². The van der Waals surface area contributed by atoms with Gasteiger partial charge < -0.3 is 0 Å². The molecule has 0 aromatic heterocycles. The van der Waals surface area contributed by atoms with Crippen LogP contribution in [0.4, 0.5) is 0 Å². The van der Waals surface area contributed by atoms with Crippen LogP contribution in [0.2, 0.25) is 0 Å². The summed E-state index contributed by atoms with van der Waals surface area (Å²) in [4.78, 5) is 0. The molecule has 0 heteroatoms. The molecular formula is C22H20. The lowest BCUT2D eigenvalue weighted by atomic mass is 9.81. The van der Waals surface area contributed by atoms with Gasteiger partial charge in [0, 0.05) is 0 Å². The Hall–Kier alpha value is -2.34. The van der Waals surface area contributed by atoms with Gasteiger partial charge >= 0.3 is 0 Å². The van der Waals surface area contributed by atoms with Gasteiger partial charge in [-0.25, -0.2) is 0 Å². The third-order valence-electron chi connectivity index (χ3n) is 4.81. The molecule has 0 atom stereocenters. The molecule has 0 N–H and O–H groups in total. The number of fused-ring (bicyclic) bond motifs is 3. The van der Waals surface area contributed by atoms with E-state index in [0.717, 1.165) is 12.8 Å². The van der Waals surface area contributed by atoms with Crippen LogP contribution in [-0.2, 0) is 12.8 Å². The molecule has 0 radical (unpaired) electrons. The van der Waals surface area contributed by atoms with Crippen LogP contribution in [0.5, 0.6) is 0 Å². The monoisotopic (exact) mass is 284 g/mol. The molecule has 0 fully saturated rings. The minimum absolute atomic E-state index is 1.13. The highest BCUT2D eigenvalue weighted by molar-refractivity contribution is 5.82. The highest BCUT2D eigenvalue weighted by Crippen LogP contribution is 2.39. The van der Waals surface area contributed by atoms with Gasteiger partial charge in [-0.1, -0.05) is 66.2 Å². The highest BCUT2D eigenvalue weighted by atomic mass is 14.2. The van der Waals surface area contributed by atoms with Gasteiger partial charge in [-0.3, -0.25) is 0 Å². The van der Waals surface area contributed by atoms with Crippen molar-refractivity contribution in [3.8, 4) is 22.3 Å². The van der Waals surface area contributed by atoms with Crippen LogP contribution in [0.25, 0.3) is 22.3 Å². The van der Waals surface area contributed by atoms with Crippen LogP contribution in [0, 0.1) is 13.8 Å². The molecular weight excluding hydrogens is 264 g/mol. The van der Waals surface area contributed by atoms with E-state index in [9.17, 15) is 0 Å². The van der Waals surface area contributed by atoms with E-state index in [1.54, 1.807) is 0 Å². The summed E-state index contributed by atoms with van der Waals surface area (Å²) in [5.74, 6) is 0. The standard InChI is InChI=1S/C22H20/c1-15-10-11-16(2)22(14-15)20-9-5-8-19-18-7-4-3-6-17(18)12-13-21(19)20/h3-11,14H,12-13H2,1-2H3. The molecule has 0 spiro atoms. The number of aryl methyl sites for hydroxylation is 3. The molecule has 1 aliphatic rings. The zero-order chi connectivity index (χ0) is 15.1. The van der Waals surface area contributed by atoms with Gasteiger partial charge in [0.1, 0.15) is 0 Å². The van der Waals surface area contributed by atoms with Gasteiger partial charge in [0.2, 0.25) is 0 Å². The summed E-state index contributed by atoms with van der Waals surface area (Å²) in [6, 6.07) is 22.4. The molecule has 0 unspecified atom stereocenters. The molecule has 0 amide bonds. The lowest BCUT2D eigenvalue weighted by Crippen LogP contribution is -2.05. The van der Waals surface area contributed by atoms with Crippen molar-refractivity contribution in [3.63, 3.8) is 0 Å². The Morgan fingerprint density at radius 2 is 1.36 bits per heavy atom. The molecule has 108 valence electrons. The van der Waals surface area contributed by atoms with Crippen molar-refractivity contribution >= 4 is 0 Å². The van der Waals surface area contributed by atoms with Gasteiger partial charge in [-0.05, 0) is 65.6 Å². The lowest BCUT2D eigenvalue weighted by Gasteiger charge is -2.23. The van der Waals surface area contributed by atoms with E-state index >= 15 is 0 Å². The highest BCUT2D eigenvalue weighted by Gasteiger charge is 2.19. The summed E-state index contributed by atoms with van der Waals surface area (Å²) >= 11 is 0. The number of benzene rings is 3.